The van der Waals surface area contributed by atoms with Gasteiger partial charge in [0.2, 0.25) is 10.0 Å². The van der Waals surface area contributed by atoms with Gasteiger partial charge in [0.15, 0.2) is 0 Å². The molecule has 1 heterocycles. The largest absolute Gasteiger partial charge is 0.493 e. The Kier molecular flexibility index (Phi) is 8.06. The summed E-state index contributed by atoms with van der Waals surface area (Å²) in [6.07, 6.45) is -0.729. The highest BCUT2D eigenvalue weighted by atomic mass is 35.5. The molecule has 0 radical (unpaired) electrons. The molecule has 2 saturated carbocycles. The van der Waals surface area contributed by atoms with Crippen molar-refractivity contribution in [1.29, 1.82) is 0 Å². The molecule has 2 aromatic carbocycles. The summed E-state index contributed by atoms with van der Waals surface area (Å²) in [5.41, 5.74) is -0.796. The number of alkyl halides is 3. The average Bonchev–Trinajstić information content (AvgIpc) is 3.78. The van der Waals surface area contributed by atoms with Crippen LogP contribution in [0.5, 0.6) is 5.75 Å². The number of benzene rings is 2. The fourth-order valence-electron chi connectivity index (χ4n) is 4.91. The maximum absolute atomic E-state index is 14.9. The highest BCUT2D eigenvalue weighted by Crippen LogP contribution is 2.45. The summed E-state index contributed by atoms with van der Waals surface area (Å²) < 4.78 is 101. The molecule has 0 bridgehead atoms. The molecule has 0 atom stereocenters. The normalized spacial score (nSPS) is 19.1. The van der Waals surface area contributed by atoms with E-state index in [0.29, 0.717) is 56.2 Å². The summed E-state index contributed by atoms with van der Waals surface area (Å²) in [4.78, 5) is 14.4. The van der Waals surface area contributed by atoms with Crippen LogP contribution in [0.4, 0.5) is 22.0 Å². The van der Waals surface area contributed by atoms with E-state index in [9.17, 15) is 35.2 Å². The van der Waals surface area contributed by atoms with Crippen molar-refractivity contribution in [3.05, 3.63) is 63.2 Å². The first-order valence-corrected chi connectivity index (χ1v) is 15.0. The Hall–Kier alpha value is -2.44. The predicted molar refractivity (Wildman–Crippen MR) is 138 cm³/mol. The molecule has 6 nitrogen and oxygen atoms in total. The zero-order valence-electron chi connectivity index (χ0n) is 21.4. The Balaban J connectivity index is 1.19. The number of nitrogens with zero attached hydrogens (tertiary/aromatic N) is 1. The third kappa shape index (κ3) is 6.71. The van der Waals surface area contributed by atoms with Gasteiger partial charge in [0.25, 0.3) is 5.91 Å². The van der Waals surface area contributed by atoms with Gasteiger partial charge in [-0.3, -0.25) is 9.69 Å². The highest BCUT2D eigenvalue weighted by Gasteiger charge is 2.38. The zero-order valence-corrected chi connectivity index (χ0v) is 22.9. The van der Waals surface area contributed by atoms with E-state index < -0.39 is 49.6 Å². The van der Waals surface area contributed by atoms with Crippen LogP contribution in [0.1, 0.15) is 71.5 Å². The van der Waals surface area contributed by atoms with E-state index in [2.05, 4.69) is 0 Å². The van der Waals surface area contributed by atoms with E-state index in [1.54, 1.807) is 0 Å². The Morgan fingerprint density at radius 3 is 2.30 bits per heavy atom. The monoisotopic (exact) mass is 606 g/mol. The van der Waals surface area contributed by atoms with E-state index in [1.807, 2.05) is 9.62 Å². The molecule has 13 heteroatoms. The second kappa shape index (κ2) is 11.1. The molecule has 1 N–H and O–H groups in total. The van der Waals surface area contributed by atoms with Crippen LogP contribution in [-0.4, -0.2) is 44.2 Å². The number of piperidine rings is 1. The third-order valence-electron chi connectivity index (χ3n) is 7.57. The Morgan fingerprint density at radius 1 is 1.02 bits per heavy atom. The fraction of sp³-hybridized carbons (Fsp3) is 0.519. The van der Waals surface area contributed by atoms with Gasteiger partial charge < -0.3 is 4.74 Å². The quantitative estimate of drug-likeness (QED) is 0.353. The Labute approximate surface area is 233 Å². The first-order chi connectivity index (χ1) is 18.8. The summed E-state index contributed by atoms with van der Waals surface area (Å²) in [6, 6.07) is 3.87. The van der Waals surface area contributed by atoms with Crippen molar-refractivity contribution in [1.82, 2.24) is 9.62 Å². The molecule has 0 unspecified atom stereocenters. The number of carbonyl (C=O) groups excluding carboxylic acids is 1. The molecular formula is C27H28ClF5N2O4S. The number of nitrogens with one attached hydrogen (secondary N) is 1. The maximum Gasteiger partial charge on any atom is 0.416 e. The number of ether oxygens (including phenoxy) is 1. The molecule has 3 aliphatic rings. The van der Waals surface area contributed by atoms with E-state index in [-0.39, 0.29) is 36.1 Å². The summed E-state index contributed by atoms with van der Waals surface area (Å²) >= 11 is 5.70. The first kappa shape index (κ1) is 29.1. The second-order valence-electron chi connectivity index (χ2n) is 10.8. The van der Waals surface area contributed by atoms with Crippen molar-refractivity contribution in [3.8, 4) is 5.75 Å². The molecule has 1 amide bonds. The Bertz CT molecular complexity index is 1400. The van der Waals surface area contributed by atoms with E-state index in [1.165, 1.54) is 6.07 Å². The second-order valence-corrected chi connectivity index (χ2v) is 13.1. The third-order valence-corrected chi connectivity index (χ3v) is 9.66. The van der Waals surface area contributed by atoms with Gasteiger partial charge in [-0.15, -0.1) is 0 Å². The summed E-state index contributed by atoms with van der Waals surface area (Å²) in [5, 5.41) is -1.18. The van der Waals surface area contributed by atoms with E-state index in [0.717, 1.165) is 25.0 Å². The van der Waals surface area contributed by atoms with Crippen LogP contribution in [0.25, 0.3) is 0 Å². The standard InChI is InChI=1S/C27H28ClF5N2O4S/c28-22-10-18(27(31,32)33)9-17(25(22)30)13-35-7-5-15(6-8-35)14-39-24-12-23(29)21(11-20(24)16-1-2-16)26(36)34-40(37,38)19-3-4-19/h9-12,15-16,19H,1-8,13-14H2,(H,34,36). The van der Waals surface area contributed by atoms with Gasteiger partial charge in [-0.1, -0.05) is 11.6 Å². The van der Waals surface area contributed by atoms with Crippen molar-refractivity contribution < 1.29 is 39.9 Å². The van der Waals surface area contributed by atoms with Crippen LogP contribution < -0.4 is 9.46 Å². The molecule has 218 valence electrons. The maximum atomic E-state index is 14.9. The van der Waals surface area contributed by atoms with Crippen molar-refractivity contribution >= 4 is 27.5 Å². The van der Waals surface area contributed by atoms with Crippen molar-refractivity contribution in [2.45, 2.75) is 62.4 Å². The van der Waals surface area contributed by atoms with Crippen LogP contribution in [0, 0.1) is 17.6 Å². The molecule has 5 rings (SSSR count). The van der Waals surface area contributed by atoms with Crippen molar-refractivity contribution in [2.75, 3.05) is 19.7 Å². The number of rotatable bonds is 9. The predicted octanol–water partition coefficient (Wildman–Crippen LogP) is 6.03. The van der Waals surface area contributed by atoms with Crippen molar-refractivity contribution in [2.24, 2.45) is 5.92 Å². The Morgan fingerprint density at radius 2 is 1.70 bits per heavy atom. The minimum absolute atomic E-state index is 0.0138. The van der Waals surface area contributed by atoms with Crippen LogP contribution in [0.2, 0.25) is 5.02 Å². The molecule has 40 heavy (non-hydrogen) atoms. The molecule has 1 saturated heterocycles. The molecule has 2 aliphatic carbocycles. The lowest BCUT2D eigenvalue weighted by molar-refractivity contribution is -0.137. The topological polar surface area (TPSA) is 75.7 Å². The molecule has 2 aromatic rings. The minimum atomic E-state index is -4.63. The van der Waals surface area contributed by atoms with Crippen molar-refractivity contribution in [3.63, 3.8) is 0 Å². The summed E-state index contributed by atoms with van der Waals surface area (Å²) in [7, 11) is -3.82. The van der Waals surface area contributed by atoms with Gasteiger partial charge in [0.1, 0.15) is 17.4 Å². The lowest BCUT2D eigenvalue weighted by Gasteiger charge is -2.32. The fourth-order valence-corrected chi connectivity index (χ4v) is 6.45. The zero-order chi connectivity index (χ0) is 28.8. The number of amides is 1. The molecular weight excluding hydrogens is 579 g/mol. The smallest absolute Gasteiger partial charge is 0.416 e. The van der Waals surface area contributed by atoms with Gasteiger partial charge in [0, 0.05) is 18.2 Å². The minimum Gasteiger partial charge on any atom is -0.493 e. The molecule has 1 aliphatic heterocycles. The van der Waals surface area contributed by atoms with Gasteiger partial charge in [-0.25, -0.2) is 21.9 Å². The lowest BCUT2D eigenvalue weighted by atomic mass is 9.97. The number of sulfonamides is 1. The number of hydrogen-bond donors (Lipinski definition) is 1. The van der Waals surface area contributed by atoms with Crippen LogP contribution in [0.3, 0.4) is 0 Å². The molecule has 3 fully saturated rings. The lowest BCUT2D eigenvalue weighted by Crippen LogP contribution is -2.35. The van der Waals surface area contributed by atoms with Crippen LogP contribution >= 0.6 is 11.6 Å². The summed E-state index contributed by atoms with van der Waals surface area (Å²) in [5.74, 6) is -2.25. The molecule has 0 aromatic heterocycles. The van der Waals surface area contributed by atoms with E-state index >= 15 is 0 Å². The first-order valence-electron chi connectivity index (χ1n) is 13.1. The van der Waals surface area contributed by atoms with E-state index in [4.69, 9.17) is 16.3 Å². The van der Waals surface area contributed by atoms with Gasteiger partial charge in [-0.05, 0) is 87.2 Å². The number of hydrogen-bond acceptors (Lipinski definition) is 5. The number of carbonyl (C=O) groups is 1. The number of likely N-dealkylation sites (tertiary alicyclic amines) is 1. The van der Waals surface area contributed by atoms with Crippen LogP contribution in [0.15, 0.2) is 24.3 Å². The number of halogens is 6. The molecule has 0 spiro atoms. The average molecular weight is 607 g/mol. The van der Waals surface area contributed by atoms with Gasteiger partial charge >= 0.3 is 6.18 Å². The van der Waals surface area contributed by atoms with Crippen LogP contribution in [-0.2, 0) is 22.7 Å². The summed E-state index contributed by atoms with van der Waals surface area (Å²) in [6.45, 7) is 1.25. The van der Waals surface area contributed by atoms with Gasteiger partial charge in [0.05, 0.1) is 28.0 Å². The van der Waals surface area contributed by atoms with Gasteiger partial charge in [-0.2, -0.15) is 13.2 Å². The highest BCUT2D eigenvalue weighted by molar-refractivity contribution is 7.91. The SMILES string of the molecule is O=C(NS(=O)(=O)C1CC1)c1cc(C2CC2)c(OCC2CCN(Cc3cc(C(F)(F)F)cc(Cl)c3F)CC2)cc1F.